The van der Waals surface area contributed by atoms with E-state index in [1.54, 1.807) is 12.1 Å². The number of hydrogen-bond donors (Lipinski definition) is 2. The Morgan fingerprint density at radius 2 is 2.05 bits per heavy atom. The number of rotatable bonds is 3. The van der Waals surface area contributed by atoms with Gasteiger partial charge >= 0.3 is 5.97 Å². The van der Waals surface area contributed by atoms with E-state index in [1.807, 2.05) is 0 Å². The van der Waals surface area contributed by atoms with Gasteiger partial charge in [-0.05, 0) is 30.7 Å². The van der Waals surface area contributed by atoms with Gasteiger partial charge in [-0.1, -0.05) is 0 Å². The van der Waals surface area contributed by atoms with Crippen molar-refractivity contribution in [2.45, 2.75) is 6.42 Å². The molecule has 0 aliphatic carbocycles. The molecule has 22 heavy (non-hydrogen) atoms. The lowest BCUT2D eigenvalue weighted by Crippen LogP contribution is -2.30. The number of aromatic nitrogens is 2. The normalized spacial score (nSPS) is 17.7. The highest BCUT2D eigenvalue weighted by Gasteiger charge is 2.32. The van der Waals surface area contributed by atoms with Crippen molar-refractivity contribution in [2.75, 3.05) is 13.1 Å². The van der Waals surface area contributed by atoms with Crippen molar-refractivity contribution < 1.29 is 19.1 Å². The number of hydrogen-bond acceptors (Lipinski definition) is 3. The smallest absolute Gasteiger partial charge is 0.308 e. The Hall–Kier alpha value is -2.70. The van der Waals surface area contributed by atoms with Crippen LogP contribution in [0.2, 0.25) is 0 Å². The van der Waals surface area contributed by atoms with Crippen LogP contribution in [0.1, 0.15) is 16.8 Å². The third kappa shape index (κ3) is 2.57. The number of carboxylic acids is 1. The number of likely N-dealkylation sites (tertiary alicyclic amines) is 1. The first-order chi connectivity index (χ1) is 10.6. The third-order valence-corrected chi connectivity index (χ3v) is 3.83. The summed E-state index contributed by atoms with van der Waals surface area (Å²) in [6, 6.07) is 5.73. The van der Waals surface area contributed by atoms with Gasteiger partial charge in [0.25, 0.3) is 5.91 Å². The minimum atomic E-state index is -0.888. The molecular weight excluding hydrogens is 289 g/mol. The predicted molar refractivity (Wildman–Crippen MR) is 75.6 cm³/mol. The Kier molecular flexibility index (Phi) is 3.62. The molecular formula is C15H14FN3O3. The Labute approximate surface area is 125 Å². The molecule has 0 saturated carbocycles. The van der Waals surface area contributed by atoms with Gasteiger partial charge < -0.3 is 10.0 Å². The molecule has 114 valence electrons. The van der Waals surface area contributed by atoms with Crippen molar-refractivity contribution >= 4 is 11.9 Å². The van der Waals surface area contributed by atoms with E-state index < -0.39 is 11.9 Å². The molecule has 0 bridgehead atoms. The molecule has 1 aliphatic rings. The van der Waals surface area contributed by atoms with Crippen molar-refractivity contribution in [3.05, 3.63) is 41.8 Å². The number of H-pyrrole nitrogens is 1. The zero-order valence-corrected chi connectivity index (χ0v) is 11.6. The lowest BCUT2D eigenvalue weighted by molar-refractivity contribution is -0.141. The second-order valence-corrected chi connectivity index (χ2v) is 5.24. The number of amides is 1. The summed E-state index contributed by atoms with van der Waals surface area (Å²) in [6.07, 6.45) is 1.86. The van der Waals surface area contributed by atoms with Gasteiger partial charge in [-0.2, -0.15) is 5.10 Å². The zero-order valence-electron chi connectivity index (χ0n) is 11.6. The van der Waals surface area contributed by atoms with E-state index in [-0.39, 0.29) is 18.3 Å². The second-order valence-electron chi connectivity index (χ2n) is 5.24. The van der Waals surface area contributed by atoms with E-state index >= 15 is 0 Å². The Balaban J connectivity index is 1.84. The van der Waals surface area contributed by atoms with Crippen LogP contribution in [0.3, 0.4) is 0 Å². The minimum Gasteiger partial charge on any atom is -0.481 e. The van der Waals surface area contributed by atoms with Gasteiger partial charge in [-0.3, -0.25) is 14.7 Å². The van der Waals surface area contributed by atoms with Gasteiger partial charge in [0.2, 0.25) is 0 Å². The van der Waals surface area contributed by atoms with Crippen LogP contribution < -0.4 is 0 Å². The second kappa shape index (κ2) is 5.59. The number of nitrogens with one attached hydrogen (secondary N) is 1. The zero-order chi connectivity index (χ0) is 15.7. The summed E-state index contributed by atoms with van der Waals surface area (Å²) >= 11 is 0. The Bertz CT molecular complexity index is 711. The fourth-order valence-corrected chi connectivity index (χ4v) is 2.60. The number of halogens is 1. The molecule has 6 nitrogen and oxygen atoms in total. The molecule has 0 radical (unpaired) electrons. The topological polar surface area (TPSA) is 86.3 Å². The summed E-state index contributed by atoms with van der Waals surface area (Å²) in [6.45, 7) is 0.603. The van der Waals surface area contributed by atoms with Crippen LogP contribution in [0.5, 0.6) is 0 Å². The van der Waals surface area contributed by atoms with Crippen molar-refractivity contribution in [3.8, 4) is 11.3 Å². The molecule has 1 aromatic heterocycles. The Morgan fingerprint density at radius 1 is 1.32 bits per heavy atom. The van der Waals surface area contributed by atoms with Crippen LogP contribution in [0.25, 0.3) is 11.3 Å². The van der Waals surface area contributed by atoms with E-state index in [9.17, 15) is 14.0 Å². The van der Waals surface area contributed by atoms with E-state index in [0.717, 1.165) is 0 Å². The average Bonchev–Trinajstić information content (AvgIpc) is 3.17. The fraction of sp³-hybridized carbons (Fsp3) is 0.267. The number of aliphatic carboxylic acids is 1. The number of carboxylic acid groups (broad SMARTS) is 1. The maximum Gasteiger partial charge on any atom is 0.308 e. The van der Waals surface area contributed by atoms with Crippen molar-refractivity contribution in [1.82, 2.24) is 15.1 Å². The lowest BCUT2D eigenvalue weighted by atomic mass is 10.1. The number of carbonyl (C=O) groups is 2. The maximum atomic E-state index is 13.0. The van der Waals surface area contributed by atoms with Crippen molar-refractivity contribution in [2.24, 2.45) is 5.92 Å². The van der Waals surface area contributed by atoms with Crippen LogP contribution >= 0.6 is 0 Å². The molecule has 0 unspecified atom stereocenters. The molecule has 7 heteroatoms. The van der Waals surface area contributed by atoms with E-state index in [4.69, 9.17) is 5.11 Å². The molecule has 1 aromatic carbocycles. The summed E-state index contributed by atoms with van der Waals surface area (Å²) < 4.78 is 13.0. The molecule has 2 N–H and O–H groups in total. The summed E-state index contributed by atoms with van der Waals surface area (Å²) in [5.74, 6) is -2.04. The van der Waals surface area contributed by atoms with Gasteiger partial charge in [-0.15, -0.1) is 0 Å². The highest BCUT2D eigenvalue weighted by atomic mass is 19.1. The van der Waals surface area contributed by atoms with Crippen LogP contribution in [0.15, 0.2) is 30.5 Å². The summed E-state index contributed by atoms with van der Waals surface area (Å²) in [7, 11) is 0. The quantitative estimate of drug-likeness (QED) is 0.904. The fourth-order valence-electron chi connectivity index (χ4n) is 2.60. The van der Waals surface area contributed by atoms with Crippen LogP contribution in [-0.4, -0.2) is 45.2 Å². The van der Waals surface area contributed by atoms with Gasteiger partial charge in [0.05, 0.1) is 23.4 Å². The molecule has 3 rings (SSSR count). The van der Waals surface area contributed by atoms with Gasteiger partial charge in [0, 0.05) is 18.7 Å². The Morgan fingerprint density at radius 3 is 2.68 bits per heavy atom. The largest absolute Gasteiger partial charge is 0.481 e. The minimum absolute atomic E-state index is 0.197. The summed E-state index contributed by atoms with van der Waals surface area (Å²) in [4.78, 5) is 25.0. The highest BCUT2D eigenvalue weighted by molar-refractivity contribution is 6.00. The molecule has 1 amide bonds. The average molecular weight is 303 g/mol. The molecule has 1 saturated heterocycles. The first kappa shape index (κ1) is 14.2. The molecule has 2 aromatic rings. The van der Waals surface area contributed by atoms with Crippen LogP contribution in [0, 0.1) is 11.7 Å². The predicted octanol–water partition coefficient (Wildman–Crippen LogP) is 1.76. The molecule has 1 atom stereocenters. The standard InChI is InChI=1S/C15H14FN3O3/c16-11-3-1-9(2-4-11)13-12(7-17-18-13)14(20)19-6-5-10(8-19)15(21)22/h1-4,7,10H,5-6,8H2,(H,17,18)(H,21,22)/t10-/m0/s1. The number of nitrogens with zero attached hydrogens (tertiary/aromatic N) is 2. The summed E-state index contributed by atoms with van der Waals surface area (Å²) in [5, 5.41) is 15.6. The van der Waals surface area contributed by atoms with Crippen LogP contribution in [0.4, 0.5) is 4.39 Å². The number of aromatic amines is 1. The van der Waals surface area contributed by atoms with Crippen molar-refractivity contribution in [1.29, 1.82) is 0 Å². The van der Waals surface area contributed by atoms with E-state index in [0.29, 0.717) is 29.8 Å². The van der Waals surface area contributed by atoms with Gasteiger partial charge in [0.15, 0.2) is 0 Å². The molecule has 1 aliphatic heterocycles. The molecule has 2 heterocycles. The molecule has 0 spiro atoms. The first-order valence-electron chi connectivity index (χ1n) is 6.87. The van der Waals surface area contributed by atoms with E-state index in [1.165, 1.54) is 23.2 Å². The summed E-state index contributed by atoms with van der Waals surface area (Å²) in [5.41, 5.74) is 1.51. The van der Waals surface area contributed by atoms with Gasteiger partial charge in [-0.25, -0.2) is 4.39 Å². The number of benzene rings is 1. The third-order valence-electron chi connectivity index (χ3n) is 3.83. The number of carbonyl (C=O) groups excluding carboxylic acids is 1. The van der Waals surface area contributed by atoms with Crippen molar-refractivity contribution in [3.63, 3.8) is 0 Å². The van der Waals surface area contributed by atoms with E-state index in [2.05, 4.69) is 10.2 Å². The maximum absolute atomic E-state index is 13.0. The lowest BCUT2D eigenvalue weighted by Gasteiger charge is -2.15. The SMILES string of the molecule is O=C(O)[C@H]1CCN(C(=O)c2cn[nH]c2-c2ccc(F)cc2)C1. The molecule has 1 fully saturated rings. The monoisotopic (exact) mass is 303 g/mol. The van der Waals surface area contributed by atoms with Gasteiger partial charge in [0.1, 0.15) is 5.82 Å². The van der Waals surface area contributed by atoms with Crippen LogP contribution in [-0.2, 0) is 4.79 Å². The first-order valence-corrected chi connectivity index (χ1v) is 6.87. The highest BCUT2D eigenvalue weighted by Crippen LogP contribution is 2.25.